The third kappa shape index (κ3) is 3.60. The molecule has 3 N–H and O–H groups in total. The summed E-state index contributed by atoms with van der Waals surface area (Å²) in [5.74, 6) is 1.59. The van der Waals surface area contributed by atoms with E-state index < -0.39 is 5.60 Å². The van der Waals surface area contributed by atoms with Gasteiger partial charge in [-0.3, -0.25) is 0 Å². The molecule has 1 heterocycles. The number of thioether (sulfide) groups is 1. The smallest absolute Gasteiger partial charge is 0.0797 e. The molecule has 0 amide bonds. The zero-order valence-electron chi connectivity index (χ0n) is 10.6. The predicted molar refractivity (Wildman–Crippen MR) is 72.3 cm³/mol. The van der Waals surface area contributed by atoms with Gasteiger partial charge in [0.05, 0.1) is 5.60 Å². The van der Waals surface area contributed by atoms with Crippen LogP contribution in [0, 0.1) is 5.92 Å². The second kappa shape index (κ2) is 6.41. The molecule has 17 heavy (non-hydrogen) atoms. The molecule has 0 aromatic carbocycles. The van der Waals surface area contributed by atoms with Gasteiger partial charge in [-0.05, 0) is 43.8 Å². The molecule has 2 rings (SSSR count). The van der Waals surface area contributed by atoms with Crippen molar-refractivity contribution < 1.29 is 9.84 Å². The van der Waals surface area contributed by atoms with E-state index in [4.69, 9.17) is 10.5 Å². The van der Waals surface area contributed by atoms with Gasteiger partial charge in [0.15, 0.2) is 0 Å². The normalized spacial score (nSPS) is 35.3. The first-order valence-electron chi connectivity index (χ1n) is 6.86. The van der Waals surface area contributed by atoms with E-state index in [1.54, 1.807) is 0 Å². The lowest BCUT2D eigenvalue weighted by molar-refractivity contribution is 0.0103. The molecule has 4 heteroatoms. The summed E-state index contributed by atoms with van der Waals surface area (Å²) < 4.78 is 5.36. The first-order valence-corrected chi connectivity index (χ1v) is 7.91. The molecule has 1 aliphatic carbocycles. The Balaban J connectivity index is 1.67. The number of aliphatic hydroxyl groups is 1. The van der Waals surface area contributed by atoms with Crippen molar-refractivity contribution in [2.75, 3.05) is 25.5 Å². The lowest BCUT2D eigenvalue weighted by Gasteiger charge is -2.29. The summed E-state index contributed by atoms with van der Waals surface area (Å²) in [4.78, 5) is 0. The van der Waals surface area contributed by atoms with Crippen LogP contribution >= 0.6 is 11.8 Å². The number of hydrogen-bond donors (Lipinski definition) is 2. The van der Waals surface area contributed by atoms with Crippen molar-refractivity contribution in [2.45, 2.75) is 49.4 Å². The summed E-state index contributed by atoms with van der Waals surface area (Å²) in [6.45, 7) is 2.28. The summed E-state index contributed by atoms with van der Waals surface area (Å²) in [6, 6.07) is 0. The van der Waals surface area contributed by atoms with Gasteiger partial charge in [0.25, 0.3) is 0 Å². The fourth-order valence-corrected chi connectivity index (χ4v) is 4.31. The first kappa shape index (κ1) is 13.7. The Labute approximate surface area is 108 Å². The zero-order chi connectivity index (χ0) is 12.1. The Bertz CT molecular complexity index is 233. The van der Waals surface area contributed by atoms with Crippen LogP contribution in [-0.2, 0) is 4.74 Å². The average Bonchev–Trinajstić information content (AvgIpc) is 2.73. The van der Waals surface area contributed by atoms with Gasteiger partial charge in [-0.1, -0.05) is 6.42 Å². The van der Waals surface area contributed by atoms with Crippen molar-refractivity contribution in [3.05, 3.63) is 0 Å². The van der Waals surface area contributed by atoms with E-state index in [0.29, 0.717) is 12.5 Å². The highest BCUT2D eigenvalue weighted by atomic mass is 32.2. The van der Waals surface area contributed by atoms with Gasteiger partial charge >= 0.3 is 0 Å². The van der Waals surface area contributed by atoms with E-state index in [2.05, 4.69) is 11.8 Å². The quantitative estimate of drug-likeness (QED) is 0.790. The third-order valence-corrected chi connectivity index (χ3v) is 5.68. The van der Waals surface area contributed by atoms with Crippen LogP contribution in [0.5, 0.6) is 0 Å². The standard InChI is InChI=1S/C13H25NO2S/c14-10-13(15)6-1-2-11(13)5-9-17-12-3-7-16-8-4-12/h11-12,15H,1-10,14H2. The molecule has 2 atom stereocenters. The molecule has 0 aromatic rings. The highest BCUT2D eigenvalue weighted by Crippen LogP contribution is 2.38. The van der Waals surface area contributed by atoms with Crippen LogP contribution < -0.4 is 5.73 Å². The van der Waals surface area contributed by atoms with Crippen molar-refractivity contribution in [1.29, 1.82) is 0 Å². The van der Waals surface area contributed by atoms with Gasteiger partial charge in [-0.2, -0.15) is 11.8 Å². The van der Waals surface area contributed by atoms with Gasteiger partial charge in [0.1, 0.15) is 0 Å². The Hall–Kier alpha value is 0.230. The predicted octanol–water partition coefficient (Wildman–Crippen LogP) is 1.78. The molecule has 3 nitrogen and oxygen atoms in total. The van der Waals surface area contributed by atoms with E-state index in [0.717, 1.165) is 49.9 Å². The lowest BCUT2D eigenvalue weighted by atomic mass is 9.89. The molecule has 0 radical (unpaired) electrons. The van der Waals surface area contributed by atoms with Crippen molar-refractivity contribution >= 4 is 11.8 Å². The summed E-state index contributed by atoms with van der Waals surface area (Å²) >= 11 is 2.06. The molecular formula is C13H25NO2S. The van der Waals surface area contributed by atoms with Crippen LogP contribution in [0.15, 0.2) is 0 Å². The van der Waals surface area contributed by atoms with Crippen LogP contribution in [0.1, 0.15) is 38.5 Å². The molecule has 100 valence electrons. The maximum absolute atomic E-state index is 10.3. The molecule has 2 unspecified atom stereocenters. The molecule has 2 aliphatic rings. The number of hydrogen-bond acceptors (Lipinski definition) is 4. The van der Waals surface area contributed by atoms with Crippen molar-refractivity contribution in [1.82, 2.24) is 0 Å². The minimum atomic E-state index is -0.559. The molecule has 0 spiro atoms. The highest BCUT2D eigenvalue weighted by Gasteiger charge is 2.39. The maximum atomic E-state index is 10.3. The highest BCUT2D eigenvalue weighted by molar-refractivity contribution is 7.99. The minimum Gasteiger partial charge on any atom is -0.388 e. The van der Waals surface area contributed by atoms with Gasteiger partial charge < -0.3 is 15.6 Å². The molecule has 1 saturated heterocycles. The van der Waals surface area contributed by atoms with Gasteiger partial charge in [-0.15, -0.1) is 0 Å². The average molecular weight is 259 g/mol. The summed E-state index contributed by atoms with van der Waals surface area (Å²) in [5, 5.41) is 11.1. The van der Waals surface area contributed by atoms with E-state index >= 15 is 0 Å². The number of nitrogens with two attached hydrogens (primary N) is 1. The second-order valence-corrected chi connectivity index (χ2v) is 6.78. The summed E-state index contributed by atoms with van der Waals surface area (Å²) in [6.07, 6.45) is 6.70. The molecule has 2 fully saturated rings. The zero-order valence-corrected chi connectivity index (χ0v) is 11.4. The van der Waals surface area contributed by atoms with Gasteiger partial charge in [0.2, 0.25) is 0 Å². The van der Waals surface area contributed by atoms with E-state index in [1.807, 2.05) is 0 Å². The van der Waals surface area contributed by atoms with Crippen molar-refractivity contribution in [3.8, 4) is 0 Å². The SMILES string of the molecule is NCC1(O)CCCC1CCSC1CCOCC1. The van der Waals surface area contributed by atoms with Crippen LogP contribution in [0.4, 0.5) is 0 Å². The second-order valence-electron chi connectivity index (χ2n) is 5.37. The Morgan fingerprint density at radius 1 is 1.29 bits per heavy atom. The van der Waals surface area contributed by atoms with E-state index in [9.17, 15) is 5.11 Å². The van der Waals surface area contributed by atoms with Crippen LogP contribution in [0.2, 0.25) is 0 Å². The molecule has 0 bridgehead atoms. The molecule has 1 aliphatic heterocycles. The lowest BCUT2D eigenvalue weighted by Crippen LogP contribution is -2.41. The summed E-state index contributed by atoms with van der Waals surface area (Å²) in [5.41, 5.74) is 5.14. The van der Waals surface area contributed by atoms with Gasteiger partial charge in [0, 0.05) is 25.0 Å². The fourth-order valence-electron chi connectivity index (χ4n) is 3.03. The fraction of sp³-hybridized carbons (Fsp3) is 1.00. The molecule has 0 aromatic heterocycles. The monoisotopic (exact) mass is 259 g/mol. The Morgan fingerprint density at radius 2 is 2.06 bits per heavy atom. The van der Waals surface area contributed by atoms with Crippen molar-refractivity contribution in [3.63, 3.8) is 0 Å². The topological polar surface area (TPSA) is 55.5 Å². The van der Waals surface area contributed by atoms with E-state index in [-0.39, 0.29) is 0 Å². The van der Waals surface area contributed by atoms with Crippen LogP contribution in [-0.4, -0.2) is 41.5 Å². The van der Waals surface area contributed by atoms with Crippen LogP contribution in [0.25, 0.3) is 0 Å². The van der Waals surface area contributed by atoms with Crippen LogP contribution in [0.3, 0.4) is 0 Å². The Kier molecular flexibility index (Phi) is 5.15. The van der Waals surface area contributed by atoms with Crippen molar-refractivity contribution in [2.24, 2.45) is 11.7 Å². The minimum absolute atomic E-state index is 0.430. The molecular weight excluding hydrogens is 234 g/mol. The number of ether oxygens (including phenoxy) is 1. The number of rotatable bonds is 5. The van der Waals surface area contributed by atoms with E-state index in [1.165, 1.54) is 12.8 Å². The van der Waals surface area contributed by atoms with Gasteiger partial charge in [-0.25, -0.2) is 0 Å². The maximum Gasteiger partial charge on any atom is 0.0797 e. The third-order valence-electron chi connectivity index (χ3n) is 4.26. The summed E-state index contributed by atoms with van der Waals surface area (Å²) in [7, 11) is 0. The Morgan fingerprint density at radius 3 is 2.76 bits per heavy atom. The first-order chi connectivity index (χ1) is 8.24. The largest absolute Gasteiger partial charge is 0.388 e. The molecule has 1 saturated carbocycles.